The number of hydrogen-bond donors (Lipinski definition) is 0. The Bertz CT molecular complexity index is 924. The highest BCUT2D eigenvalue weighted by molar-refractivity contribution is 5.84. The third kappa shape index (κ3) is 3.05. The van der Waals surface area contributed by atoms with Crippen LogP contribution in [0, 0.1) is 6.92 Å². The molecule has 1 aliphatic rings. The molecule has 2 aromatic carbocycles. The van der Waals surface area contributed by atoms with Gasteiger partial charge in [-0.05, 0) is 43.7 Å². The van der Waals surface area contributed by atoms with E-state index < -0.39 is 0 Å². The Morgan fingerprint density at radius 2 is 1.81 bits per heavy atom. The van der Waals surface area contributed by atoms with E-state index >= 15 is 0 Å². The molecule has 1 aromatic heterocycles. The first-order valence-corrected chi connectivity index (χ1v) is 9.15. The molecule has 1 saturated heterocycles. The molecular weight excluding hydrogens is 324 g/mol. The number of benzene rings is 2. The molecule has 26 heavy (non-hydrogen) atoms. The number of nitrogens with zero attached hydrogens (tertiary/aromatic N) is 4. The van der Waals surface area contributed by atoms with E-state index in [0.29, 0.717) is 0 Å². The second kappa shape index (κ2) is 6.83. The number of fused-ring (bicyclic) bond motifs is 1. The van der Waals surface area contributed by atoms with Crippen LogP contribution in [0.5, 0.6) is 0 Å². The van der Waals surface area contributed by atoms with Gasteiger partial charge in [0.05, 0.1) is 17.4 Å². The Hall–Kier alpha value is -2.82. The third-order valence-corrected chi connectivity index (χ3v) is 5.21. The summed E-state index contributed by atoms with van der Waals surface area (Å²) >= 11 is 0. The van der Waals surface area contributed by atoms with Gasteiger partial charge in [0.25, 0.3) is 0 Å². The zero-order valence-corrected chi connectivity index (χ0v) is 15.3. The standard InChI is InChI=1S/C21H24N4O/c1-16-6-5-7-18(14-16)23-10-12-24(13-11-23)21(26)17(2)25-15-22-19-8-3-4-9-20(19)25/h3-9,14-15,17H,10-13H2,1-2H3. The first-order valence-electron chi connectivity index (χ1n) is 9.15. The molecule has 1 amide bonds. The van der Waals surface area contributed by atoms with E-state index in [0.717, 1.165) is 37.2 Å². The van der Waals surface area contributed by atoms with Gasteiger partial charge in [-0.2, -0.15) is 0 Å². The first kappa shape index (κ1) is 16.6. The number of hydrogen-bond acceptors (Lipinski definition) is 3. The van der Waals surface area contributed by atoms with Crippen LogP contribution in [0.4, 0.5) is 5.69 Å². The molecule has 0 spiro atoms. The minimum absolute atomic E-state index is 0.164. The van der Waals surface area contributed by atoms with E-state index in [2.05, 4.69) is 41.1 Å². The van der Waals surface area contributed by atoms with E-state index in [1.165, 1.54) is 11.3 Å². The smallest absolute Gasteiger partial charge is 0.245 e. The molecule has 0 aliphatic carbocycles. The van der Waals surface area contributed by atoms with Crippen LogP contribution in [0.15, 0.2) is 54.9 Å². The molecule has 1 atom stereocenters. The van der Waals surface area contributed by atoms with Crippen LogP contribution < -0.4 is 4.90 Å². The van der Waals surface area contributed by atoms with E-state index in [1.54, 1.807) is 6.33 Å². The van der Waals surface area contributed by atoms with Crippen molar-refractivity contribution >= 4 is 22.6 Å². The van der Waals surface area contributed by atoms with Crippen LogP contribution in [0.1, 0.15) is 18.5 Å². The minimum atomic E-state index is -0.243. The summed E-state index contributed by atoms with van der Waals surface area (Å²) in [7, 11) is 0. The Morgan fingerprint density at radius 1 is 1.04 bits per heavy atom. The number of aryl methyl sites for hydroxylation is 1. The van der Waals surface area contributed by atoms with Crippen molar-refractivity contribution in [3.05, 3.63) is 60.4 Å². The van der Waals surface area contributed by atoms with Crippen molar-refractivity contribution in [2.75, 3.05) is 31.1 Å². The maximum Gasteiger partial charge on any atom is 0.245 e. The SMILES string of the molecule is Cc1cccc(N2CCN(C(=O)C(C)n3cnc4ccccc43)CC2)c1. The van der Waals surface area contributed by atoms with Gasteiger partial charge in [0, 0.05) is 31.9 Å². The summed E-state index contributed by atoms with van der Waals surface area (Å²) < 4.78 is 1.98. The van der Waals surface area contributed by atoms with Gasteiger partial charge in [-0.1, -0.05) is 24.3 Å². The highest BCUT2D eigenvalue weighted by atomic mass is 16.2. The van der Waals surface area contributed by atoms with Crippen molar-refractivity contribution in [2.45, 2.75) is 19.9 Å². The van der Waals surface area contributed by atoms with Gasteiger partial charge in [0.1, 0.15) is 6.04 Å². The molecule has 0 N–H and O–H groups in total. The summed E-state index contributed by atoms with van der Waals surface area (Å²) in [6.07, 6.45) is 1.77. The number of amides is 1. The van der Waals surface area contributed by atoms with Gasteiger partial charge in [-0.3, -0.25) is 4.79 Å². The number of aromatic nitrogens is 2. The number of carbonyl (C=O) groups excluding carboxylic acids is 1. The fraction of sp³-hybridized carbons (Fsp3) is 0.333. The normalized spacial score (nSPS) is 16.1. The van der Waals surface area contributed by atoms with E-state index in [-0.39, 0.29) is 11.9 Å². The van der Waals surface area contributed by atoms with Gasteiger partial charge in [0.15, 0.2) is 0 Å². The molecule has 0 bridgehead atoms. The fourth-order valence-electron chi connectivity index (χ4n) is 3.68. The molecule has 3 aromatic rings. The van der Waals surface area contributed by atoms with Crippen LogP contribution in [-0.2, 0) is 4.79 Å². The summed E-state index contributed by atoms with van der Waals surface area (Å²) in [5.41, 5.74) is 4.44. The lowest BCUT2D eigenvalue weighted by molar-refractivity contribution is -0.134. The Balaban J connectivity index is 1.45. The summed E-state index contributed by atoms with van der Waals surface area (Å²) in [6, 6.07) is 16.3. The second-order valence-corrected chi connectivity index (χ2v) is 6.97. The number of anilines is 1. The average Bonchev–Trinajstić information content (AvgIpc) is 3.11. The highest BCUT2D eigenvalue weighted by Gasteiger charge is 2.26. The lowest BCUT2D eigenvalue weighted by atomic mass is 10.1. The van der Waals surface area contributed by atoms with Gasteiger partial charge in [-0.15, -0.1) is 0 Å². The minimum Gasteiger partial charge on any atom is -0.368 e. The lowest BCUT2D eigenvalue weighted by Gasteiger charge is -2.37. The Morgan fingerprint density at radius 3 is 2.58 bits per heavy atom. The van der Waals surface area contributed by atoms with Crippen LogP contribution >= 0.6 is 0 Å². The van der Waals surface area contributed by atoms with E-state index in [1.807, 2.05) is 40.7 Å². The number of para-hydroxylation sites is 2. The summed E-state index contributed by atoms with van der Waals surface area (Å²) in [4.78, 5) is 21.7. The maximum atomic E-state index is 13.0. The molecule has 0 saturated carbocycles. The van der Waals surface area contributed by atoms with E-state index in [4.69, 9.17) is 0 Å². The van der Waals surface area contributed by atoms with Crippen molar-refractivity contribution in [3.8, 4) is 0 Å². The monoisotopic (exact) mass is 348 g/mol. The van der Waals surface area contributed by atoms with Crippen molar-refractivity contribution < 1.29 is 4.79 Å². The Labute approximate surface area is 153 Å². The maximum absolute atomic E-state index is 13.0. The van der Waals surface area contributed by atoms with Crippen LogP contribution in [0.2, 0.25) is 0 Å². The van der Waals surface area contributed by atoms with Crippen molar-refractivity contribution in [2.24, 2.45) is 0 Å². The summed E-state index contributed by atoms with van der Waals surface area (Å²) in [5, 5.41) is 0. The predicted octanol–water partition coefficient (Wildman–Crippen LogP) is 3.25. The van der Waals surface area contributed by atoms with Crippen molar-refractivity contribution in [3.63, 3.8) is 0 Å². The van der Waals surface area contributed by atoms with Gasteiger partial charge in [0.2, 0.25) is 5.91 Å². The van der Waals surface area contributed by atoms with Crippen molar-refractivity contribution in [1.82, 2.24) is 14.5 Å². The zero-order valence-electron chi connectivity index (χ0n) is 15.3. The largest absolute Gasteiger partial charge is 0.368 e. The van der Waals surface area contributed by atoms with Crippen LogP contribution in [-0.4, -0.2) is 46.5 Å². The molecular formula is C21H24N4O. The number of imidazole rings is 1. The van der Waals surface area contributed by atoms with Gasteiger partial charge in [-0.25, -0.2) is 4.98 Å². The molecule has 2 heterocycles. The van der Waals surface area contributed by atoms with Crippen molar-refractivity contribution in [1.29, 1.82) is 0 Å². The highest BCUT2D eigenvalue weighted by Crippen LogP contribution is 2.22. The molecule has 5 heteroatoms. The number of carbonyl (C=O) groups is 1. The predicted molar refractivity (Wildman–Crippen MR) is 104 cm³/mol. The molecule has 4 rings (SSSR count). The quantitative estimate of drug-likeness (QED) is 0.730. The Kier molecular flexibility index (Phi) is 4.37. The molecule has 0 radical (unpaired) electrons. The van der Waals surface area contributed by atoms with Gasteiger partial charge < -0.3 is 14.4 Å². The topological polar surface area (TPSA) is 41.4 Å². The zero-order chi connectivity index (χ0) is 18.1. The summed E-state index contributed by atoms with van der Waals surface area (Å²) in [6.45, 7) is 7.32. The first-order chi connectivity index (χ1) is 12.6. The summed E-state index contributed by atoms with van der Waals surface area (Å²) in [5.74, 6) is 0.164. The van der Waals surface area contributed by atoms with E-state index in [9.17, 15) is 4.79 Å². The third-order valence-electron chi connectivity index (χ3n) is 5.21. The average molecular weight is 348 g/mol. The molecule has 5 nitrogen and oxygen atoms in total. The number of rotatable bonds is 3. The molecule has 1 fully saturated rings. The molecule has 1 aliphatic heterocycles. The fourth-order valence-corrected chi connectivity index (χ4v) is 3.68. The molecule has 134 valence electrons. The molecule has 1 unspecified atom stereocenters. The van der Waals surface area contributed by atoms with Crippen LogP contribution in [0.25, 0.3) is 11.0 Å². The second-order valence-electron chi connectivity index (χ2n) is 6.97. The van der Waals surface area contributed by atoms with Gasteiger partial charge >= 0.3 is 0 Å². The lowest BCUT2D eigenvalue weighted by Crippen LogP contribution is -2.50. The number of piperazine rings is 1. The van der Waals surface area contributed by atoms with Crippen LogP contribution in [0.3, 0.4) is 0 Å².